The van der Waals surface area contributed by atoms with Crippen molar-refractivity contribution in [3.63, 3.8) is 0 Å². The summed E-state index contributed by atoms with van der Waals surface area (Å²) in [6, 6.07) is 15.4. The molecule has 0 saturated heterocycles. The molecule has 0 aromatic heterocycles. The molecule has 0 aliphatic carbocycles. The lowest BCUT2D eigenvalue weighted by Crippen LogP contribution is -2.31. The van der Waals surface area contributed by atoms with E-state index in [-0.39, 0.29) is 12.0 Å². The highest BCUT2D eigenvalue weighted by molar-refractivity contribution is 5.84. The highest BCUT2D eigenvalue weighted by Gasteiger charge is 2.27. The monoisotopic (exact) mass is 281 g/mol. The molecule has 3 nitrogen and oxygen atoms in total. The summed E-state index contributed by atoms with van der Waals surface area (Å²) >= 11 is 0. The highest BCUT2D eigenvalue weighted by Crippen LogP contribution is 2.26. The Morgan fingerprint density at radius 2 is 1.86 bits per heavy atom. The number of benzene rings is 2. The molecule has 1 heterocycles. The number of esters is 1. The molecule has 1 N–H and O–H groups in total. The second-order valence-corrected chi connectivity index (χ2v) is 5.70. The largest absolute Gasteiger partial charge is 0.425 e. The molecule has 0 bridgehead atoms. The average molecular weight is 281 g/mol. The number of para-hydroxylation sites is 1. The second-order valence-electron chi connectivity index (χ2n) is 5.70. The predicted octanol–water partition coefficient (Wildman–Crippen LogP) is 3.75. The minimum atomic E-state index is -0.299. The maximum absolute atomic E-state index is 12.2. The first-order valence-electron chi connectivity index (χ1n) is 7.29. The molecular weight excluding hydrogens is 262 g/mol. The Balaban J connectivity index is 1.65. The van der Waals surface area contributed by atoms with Gasteiger partial charge in [-0.25, -0.2) is 4.79 Å². The fourth-order valence-electron chi connectivity index (χ4n) is 2.55. The zero-order chi connectivity index (χ0) is 14.8. The van der Waals surface area contributed by atoms with E-state index in [2.05, 4.69) is 19.2 Å². The van der Waals surface area contributed by atoms with Gasteiger partial charge in [0.15, 0.2) is 0 Å². The molecule has 1 aliphatic heterocycles. The second kappa shape index (κ2) is 5.60. The number of carbonyl (C=O) groups excluding carboxylic acids is 1. The van der Waals surface area contributed by atoms with Crippen molar-refractivity contribution in [2.45, 2.75) is 32.2 Å². The van der Waals surface area contributed by atoms with Crippen LogP contribution in [-0.4, -0.2) is 12.0 Å². The van der Waals surface area contributed by atoms with Crippen LogP contribution < -0.4 is 10.1 Å². The van der Waals surface area contributed by atoms with Crippen molar-refractivity contribution in [1.29, 1.82) is 0 Å². The number of anilines is 1. The average Bonchev–Trinajstić information content (AvgIpc) is 2.92. The van der Waals surface area contributed by atoms with E-state index in [4.69, 9.17) is 4.74 Å². The summed E-state index contributed by atoms with van der Waals surface area (Å²) in [6.07, 6.45) is 0.680. The molecule has 2 aromatic rings. The third kappa shape index (κ3) is 2.92. The van der Waals surface area contributed by atoms with Gasteiger partial charge < -0.3 is 10.1 Å². The molecular formula is C18H19NO2. The van der Waals surface area contributed by atoms with Crippen LogP contribution in [0.4, 0.5) is 5.69 Å². The summed E-state index contributed by atoms with van der Waals surface area (Å²) in [5.41, 5.74) is 3.42. The summed E-state index contributed by atoms with van der Waals surface area (Å²) in [6.45, 7) is 4.28. The lowest BCUT2D eigenvalue weighted by atomic mass is 10.0. The zero-order valence-corrected chi connectivity index (χ0v) is 12.3. The third-order valence-corrected chi connectivity index (χ3v) is 3.82. The van der Waals surface area contributed by atoms with Gasteiger partial charge in [-0.2, -0.15) is 0 Å². The van der Waals surface area contributed by atoms with Crippen molar-refractivity contribution in [3.8, 4) is 5.75 Å². The first-order chi connectivity index (χ1) is 10.1. The van der Waals surface area contributed by atoms with Crippen molar-refractivity contribution in [3.05, 3.63) is 59.7 Å². The van der Waals surface area contributed by atoms with Crippen LogP contribution in [0.15, 0.2) is 48.5 Å². The molecule has 108 valence electrons. The van der Waals surface area contributed by atoms with Gasteiger partial charge in [0.05, 0.1) is 0 Å². The maximum Gasteiger partial charge on any atom is 0.334 e. The molecule has 1 atom stereocenters. The lowest BCUT2D eigenvalue weighted by molar-refractivity contribution is -0.135. The number of rotatable bonds is 3. The topological polar surface area (TPSA) is 38.3 Å². The van der Waals surface area contributed by atoms with Crippen molar-refractivity contribution >= 4 is 11.7 Å². The van der Waals surface area contributed by atoms with Crippen LogP contribution in [0.5, 0.6) is 5.75 Å². The standard InChI is InChI=1S/C18H19NO2/c1-12(2)13-7-9-15(10-8-13)21-18(20)17-11-14-5-3-4-6-16(14)19-17/h3-10,12,17,19H,11H2,1-2H3. The van der Waals surface area contributed by atoms with Crippen LogP contribution in [0.3, 0.4) is 0 Å². The third-order valence-electron chi connectivity index (χ3n) is 3.82. The first-order valence-corrected chi connectivity index (χ1v) is 7.29. The van der Waals surface area contributed by atoms with Gasteiger partial charge >= 0.3 is 5.97 Å². The Hall–Kier alpha value is -2.29. The molecule has 0 saturated carbocycles. The van der Waals surface area contributed by atoms with Gasteiger partial charge in [0.1, 0.15) is 11.8 Å². The van der Waals surface area contributed by atoms with Crippen LogP contribution in [0.1, 0.15) is 30.9 Å². The normalized spacial score (nSPS) is 16.4. The van der Waals surface area contributed by atoms with E-state index >= 15 is 0 Å². The number of hydrogen-bond donors (Lipinski definition) is 1. The summed E-state index contributed by atoms with van der Waals surface area (Å²) in [4.78, 5) is 12.2. The van der Waals surface area contributed by atoms with Crippen LogP contribution in [0.2, 0.25) is 0 Å². The molecule has 0 spiro atoms. The predicted molar refractivity (Wildman–Crippen MR) is 83.7 cm³/mol. The van der Waals surface area contributed by atoms with E-state index < -0.39 is 0 Å². The van der Waals surface area contributed by atoms with E-state index in [0.717, 1.165) is 11.3 Å². The Labute approximate surface area is 124 Å². The van der Waals surface area contributed by atoms with Gasteiger partial charge in [-0.1, -0.05) is 44.2 Å². The number of nitrogens with one attached hydrogen (secondary N) is 1. The SMILES string of the molecule is CC(C)c1ccc(OC(=O)C2Cc3ccccc3N2)cc1. The molecule has 0 fully saturated rings. The Kier molecular flexibility index (Phi) is 3.65. The lowest BCUT2D eigenvalue weighted by Gasteiger charge is -2.12. The molecule has 0 radical (unpaired) electrons. The molecule has 3 rings (SSSR count). The van der Waals surface area contributed by atoms with Gasteiger partial charge in [-0.15, -0.1) is 0 Å². The first kappa shape index (κ1) is 13.7. The quantitative estimate of drug-likeness (QED) is 0.688. The van der Waals surface area contributed by atoms with Crippen molar-refractivity contribution in [2.75, 3.05) is 5.32 Å². The molecule has 0 amide bonds. The van der Waals surface area contributed by atoms with Gasteiger partial charge in [0.2, 0.25) is 0 Å². The van der Waals surface area contributed by atoms with E-state index in [1.165, 1.54) is 5.56 Å². The van der Waals surface area contributed by atoms with Gasteiger partial charge in [-0.05, 0) is 35.2 Å². The summed E-state index contributed by atoms with van der Waals surface area (Å²) in [5, 5.41) is 3.21. The van der Waals surface area contributed by atoms with Crippen LogP contribution in [0, 0.1) is 0 Å². The molecule has 1 unspecified atom stereocenters. The minimum Gasteiger partial charge on any atom is -0.425 e. The number of ether oxygens (including phenoxy) is 1. The van der Waals surface area contributed by atoms with E-state index in [0.29, 0.717) is 18.1 Å². The van der Waals surface area contributed by atoms with Crippen molar-refractivity contribution < 1.29 is 9.53 Å². The van der Waals surface area contributed by atoms with E-state index in [1.807, 2.05) is 48.5 Å². The molecule has 1 aliphatic rings. The zero-order valence-electron chi connectivity index (χ0n) is 12.3. The fourth-order valence-corrected chi connectivity index (χ4v) is 2.55. The Bertz CT molecular complexity index is 622. The fraction of sp³-hybridized carbons (Fsp3) is 0.278. The molecule has 21 heavy (non-hydrogen) atoms. The minimum absolute atomic E-state index is 0.233. The van der Waals surface area contributed by atoms with Crippen LogP contribution >= 0.6 is 0 Å². The summed E-state index contributed by atoms with van der Waals surface area (Å²) in [5.74, 6) is 0.839. The maximum atomic E-state index is 12.2. The Morgan fingerprint density at radius 3 is 2.52 bits per heavy atom. The van der Waals surface area contributed by atoms with Gasteiger partial charge in [0.25, 0.3) is 0 Å². The number of carbonyl (C=O) groups is 1. The van der Waals surface area contributed by atoms with Crippen LogP contribution in [-0.2, 0) is 11.2 Å². The highest BCUT2D eigenvalue weighted by atomic mass is 16.5. The van der Waals surface area contributed by atoms with Crippen molar-refractivity contribution in [2.24, 2.45) is 0 Å². The van der Waals surface area contributed by atoms with Crippen LogP contribution in [0.25, 0.3) is 0 Å². The smallest absolute Gasteiger partial charge is 0.334 e. The number of fused-ring (bicyclic) bond motifs is 1. The Morgan fingerprint density at radius 1 is 1.14 bits per heavy atom. The van der Waals surface area contributed by atoms with Gasteiger partial charge in [-0.3, -0.25) is 0 Å². The molecule has 3 heteroatoms. The number of hydrogen-bond acceptors (Lipinski definition) is 3. The van der Waals surface area contributed by atoms with E-state index in [9.17, 15) is 4.79 Å². The van der Waals surface area contributed by atoms with Crippen molar-refractivity contribution in [1.82, 2.24) is 0 Å². The summed E-state index contributed by atoms with van der Waals surface area (Å²) in [7, 11) is 0. The van der Waals surface area contributed by atoms with E-state index in [1.54, 1.807) is 0 Å². The summed E-state index contributed by atoms with van der Waals surface area (Å²) < 4.78 is 5.46. The molecule has 2 aromatic carbocycles. The van der Waals surface area contributed by atoms with Gasteiger partial charge in [0, 0.05) is 12.1 Å².